The lowest BCUT2D eigenvalue weighted by Gasteiger charge is -2.25. The first kappa shape index (κ1) is 18.9. The molecule has 0 amide bonds. The van der Waals surface area contributed by atoms with Crippen LogP contribution in [0.4, 0.5) is 0 Å². The van der Waals surface area contributed by atoms with Gasteiger partial charge in [-0.25, -0.2) is 0 Å². The van der Waals surface area contributed by atoms with Gasteiger partial charge in [0.05, 0.1) is 12.6 Å². The van der Waals surface area contributed by atoms with Gasteiger partial charge < -0.3 is 5.11 Å². The molecule has 1 rings (SSSR count). The van der Waals surface area contributed by atoms with Gasteiger partial charge in [-0.3, -0.25) is 4.99 Å². The van der Waals surface area contributed by atoms with Gasteiger partial charge in [0.15, 0.2) is 0 Å². The quantitative estimate of drug-likeness (QED) is 0.813. The predicted molar refractivity (Wildman–Crippen MR) is 89.9 cm³/mol. The Balaban J connectivity index is 0.00000172. The third-order valence-corrected chi connectivity index (χ3v) is 3.42. The van der Waals surface area contributed by atoms with Gasteiger partial charge in [0.25, 0.3) is 0 Å². The molecule has 0 bridgehead atoms. The Bertz CT molecular complexity index is 441. The van der Waals surface area contributed by atoms with Crippen LogP contribution in [0.15, 0.2) is 17.1 Å². The number of aliphatic hydroxyl groups excluding tert-OH is 1. The number of hydrogen-bond acceptors (Lipinski definition) is 2. The summed E-state index contributed by atoms with van der Waals surface area (Å²) in [5, 5.41) is 9.40. The van der Waals surface area contributed by atoms with Crippen LogP contribution in [0.3, 0.4) is 0 Å². The van der Waals surface area contributed by atoms with E-state index in [1.165, 1.54) is 16.7 Å². The molecule has 0 aliphatic rings. The van der Waals surface area contributed by atoms with E-state index in [0.717, 1.165) is 5.56 Å². The van der Waals surface area contributed by atoms with Crippen molar-refractivity contribution in [3.05, 3.63) is 34.4 Å². The molecule has 1 unspecified atom stereocenters. The molecule has 0 aromatic heterocycles. The highest BCUT2D eigenvalue weighted by atomic mass is 16.3. The third kappa shape index (κ3) is 5.46. The molecule has 1 atom stereocenters. The highest BCUT2D eigenvalue weighted by Crippen LogP contribution is 2.22. The van der Waals surface area contributed by atoms with E-state index >= 15 is 0 Å². The first-order chi connectivity index (χ1) is 9.25. The Morgan fingerprint density at radius 3 is 2.15 bits per heavy atom. The van der Waals surface area contributed by atoms with E-state index in [2.05, 4.69) is 58.7 Å². The minimum atomic E-state index is -0.0577. The Labute approximate surface area is 125 Å². The van der Waals surface area contributed by atoms with Gasteiger partial charge in [-0.1, -0.05) is 52.3 Å². The molecule has 0 aliphatic heterocycles. The van der Waals surface area contributed by atoms with Crippen molar-refractivity contribution in [2.75, 3.05) is 6.61 Å². The lowest BCUT2D eigenvalue weighted by Crippen LogP contribution is -2.28. The van der Waals surface area contributed by atoms with Crippen molar-refractivity contribution in [2.24, 2.45) is 10.4 Å². The molecule has 2 heteroatoms. The van der Waals surface area contributed by atoms with Crippen LogP contribution in [0.1, 0.15) is 56.9 Å². The van der Waals surface area contributed by atoms with Crippen LogP contribution >= 0.6 is 0 Å². The Morgan fingerprint density at radius 1 is 1.15 bits per heavy atom. The molecule has 0 radical (unpaired) electrons. The van der Waals surface area contributed by atoms with Crippen molar-refractivity contribution in [3.63, 3.8) is 0 Å². The lowest BCUT2D eigenvalue weighted by atomic mass is 9.87. The second-order valence-electron chi connectivity index (χ2n) is 6.14. The summed E-state index contributed by atoms with van der Waals surface area (Å²) < 4.78 is 0. The van der Waals surface area contributed by atoms with E-state index in [1.807, 2.05) is 20.1 Å². The highest BCUT2D eigenvalue weighted by molar-refractivity contribution is 5.82. The van der Waals surface area contributed by atoms with Gasteiger partial charge in [0, 0.05) is 6.21 Å². The normalized spacial score (nSPS) is 13.1. The van der Waals surface area contributed by atoms with Crippen molar-refractivity contribution in [1.82, 2.24) is 0 Å². The Morgan fingerprint density at radius 2 is 1.70 bits per heavy atom. The standard InChI is InChI=1S/C16H25NO.C2H6/c1-11-7-12(2)13(3)14(8-11)9-17-15(10-18)16(4,5)6;1-2/h7-9,15,18H,10H2,1-6H3;1-2H3. The fourth-order valence-corrected chi connectivity index (χ4v) is 1.92. The van der Waals surface area contributed by atoms with Crippen LogP contribution in [0.5, 0.6) is 0 Å². The smallest absolute Gasteiger partial charge is 0.0778 e. The van der Waals surface area contributed by atoms with E-state index in [-0.39, 0.29) is 18.1 Å². The largest absolute Gasteiger partial charge is 0.394 e. The molecule has 0 saturated heterocycles. The maximum atomic E-state index is 9.40. The molecule has 114 valence electrons. The predicted octanol–water partition coefficient (Wildman–Crippen LogP) is 4.46. The van der Waals surface area contributed by atoms with Crippen molar-refractivity contribution in [2.45, 2.75) is 61.4 Å². The number of aryl methyl sites for hydroxylation is 2. The first-order valence-electron chi connectivity index (χ1n) is 7.47. The monoisotopic (exact) mass is 277 g/mol. The van der Waals surface area contributed by atoms with E-state index in [4.69, 9.17) is 0 Å². The number of rotatable bonds is 3. The second kappa shape index (κ2) is 8.21. The number of hydrogen-bond donors (Lipinski definition) is 1. The van der Waals surface area contributed by atoms with E-state index in [0.29, 0.717) is 0 Å². The van der Waals surface area contributed by atoms with Gasteiger partial charge in [-0.2, -0.15) is 0 Å². The molecule has 20 heavy (non-hydrogen) atoms. The van der Waals surface area contributed by atoms with Gasteiger partial charge in [-0.05, 0) is 42.9 Å². The van der Waals surface area contributed by atoms with Crippen molar-refractivity contribution in [1.29, 1.82) is 0 Å². The van der Waals surface area contributed by atoms with Crippen LogP contribution in [0.2, 0.25) is 0 Å². The first-order valence-corrected chi connectivity index (χ1v) is 7.47. The highest BCUT2D eigenvalue weighted by Gasteiger charge is 2.22. The summed E-state index contributed by atoms with van der Waals surface area (Å²) in [6.45, 7) is 16.7. The number of aliphatic hydroxyl groups is 1. The third-order valence-electron chi connectivity index (χ3n) is 3.42. The van der Waals surface area contributed by atoms with Crippen molar-refractivity contribution in [3.8, 4) is 0 Å². The fraction of sp³-hybridized carbons (Fsp3) is 0.611. The summed E-state index contributed by atoms with van der Waals surface area (Å²) in [6.07, 6.45) is 1.90. The molecule has 2 nitrogen and oxygen atoms in total. The molecule has 0 fully saturated rings. The Hall–Kier alpha value is -1.15. The Kier molecular flexibility index (Phi) is 7.74. The number of aliphatic imine (C=N–C) groups is 1. The van der Waals surface area contributed by atoms with Crippen LogP contribution in [0.25, 0.3) is 0 Å². The zero-order chi connectivity index (χ0) is 15.9. The summed E-state index contributed by atoms with van der Waals surface area (Å²) in [6, 6.07) is 4.26. The van der Waals surface area contributed by atoms with E-state index in [9.17, 15) is 5.11 Å². The SMILES string of the molecule is CC.Cc1cc(C)c(C)c(C=NC(CO)C(C)(C)C)c1. The zero-order valence-electron chi connectivity index (χ0n) is 14.4. The zero-order valence-corrected chi connectivity index (χ0v) is 14.4. The molecule has 0 heterocycles. The van der Waals surface area contributed by atoms with Crippen LogP contribution in [-0.2, 0) is 0 Å². The second-order valence-corrected chi connectivity index (χ2v) is 6.14. The van der Waals surface area contributed by atoms with Crippen LogP contribution in [-0.4, -0.2) is 24.0 Å². The average molecular weight is 277 g/mol. The number of benzene rings is 1. The molecule has 1 aromatic carbocycles. The summed E-state index contributed by atoms with van der Waals surface area (Å²) in [4.78, 5) is 4.55. The summed E-state index contributed by atoms with van der Waals surface area (Å²) in [5.41, 5.74) is 4.92. The molecule has 1 N–H and O–H groups in total. The van der Waals surface area contributed by atoms with Gasteiger partial charge >= 0.3 is 0 Å². The average Bonchev–Trinajstić information content (AvgIpc) is 2.36. The summed E-state index contributed by atoms with van der Waals surface area (Å²) in [7, 11) is 0. The molecule has 0 spiro atoms. The van der Waals surface area contributed by atoms with Crippen LogP contribution < -0.4 is 0 Å². The van der Waals surface area contributed by atoms with Gasteiger partial charge in [-0.15, -0.1) is 0 Å². The molecular weight excluding hydrogens is 246 g/mol. The lowest BCUT2D eigenvalue weighted by molar-refractivity contribution is 0.191. The minimum Gasteiger partial charge on any atom is -0.394 e. The maximum absolute atomic E-state index is 9.40. The topological polar surface area (TPSA) is 32.6 Å². The van der Waals surface area contributed by atoms with Crippen molar-refractivity contribution < 1.29 is 5.11 Å². The fourth-order valence-electron chi connectivity index (χ4n) is 1.92. The molecule has 1 aromatic rings. The van der Waals surface area contributed by atoms with E-state index < -0.39 is 0 Å². The summed E-state index contributed by atoms with van der Waals surface area (Å²) >= 11 is 0. The number of nitrogens with zero attached hydrogens (tertiary/aromatic N) is 1. The van der Waals surface area contributed by atoms with Crippen molar-refractivity contribution >= 4 is 6.21 Å². The maximum Gasteiger partial charge on any atom is 0.0778 e. The van der Waals surface area contributed by atoms with Gasteiger partial charge in [0.2, 0.25) is 0 Å². The van der Waals surface area contributed by atoms with Gasteiger partial charge in [0.1, 0.15) is 0 Å². The van der Waals surface area contributed by atoms with E-state index in [1.54, 1.807) is 0 Å². The molecule has 0 aliphatic carbocycles. The van der Waals surface area contributed by atoms with Crippen LogP contribution in [0, 0.1) is 26.2 Å². The summed E-state index contributed by atoms with van der Waals surface area (Å²) in [5.74, 6) is 0. The molecule has 0 saturated carbocycles. The molecular formula is C18H31NO. The minimum absolute atomic E-state index is 0.0158.